The van der Waals surface area contributed by atoms with Crippen molar-refractivity contribution in [2.24, 2.45) is 7.05 Å². The molecule has 27 heavy (non-hydrogen) atoms. The van der Waals surface area contributed by atoms with E-state index in [4.69, 9.17) is 9.72 Å². The number of fused-ring (bicyclic) bond motifs is 2. The van der Waals surface area contributed by atoms with Crippen LogP contribution in [0.4, 0.5) is 0 Å². The summed E-state index contributed by atoms with van der Waals surface area (Å²) in [6.07, 6.45) is 2.15. The van der Waals surface area contributed by atoms with E-state index in [0.717, 1.165) is 33.0 Å². The number of aromatic nitrogens is 2. The van der Waals surface area contributed by atoms with Gasteiger partial charge in [0.2, 0.25) is 0 Å². The van der Waals surface area contributed by atoms with Crippen LogP contribution >= 0.6 is 11.3 Å². The molecule has 5 rings (SSSR count). The van der Waals surface area contributed by atoms with Crippen molar-refractivity contribution in [1.29, 1.82) is 0 Å². The first kappa shape index (κ1) is 16.1. The van der Waals surface area contributed by atoms with Crippen molar-refractivity contribution in [3.63, 3.8) is 0 Å². The van der Waals surface area contributed by atoms with Crippen LogP contribution < -0.4 is 4.74 Å². The number of aryl methyl sites for hydroxylation is 1. The first-order chi connectivity index (χ1) is 13.2. The zero-order valence-electron chi connectivity index (χ0n) is 15.1. The minimum atomic E-state index is 0.862. The zero-order chi connectivity index (χ0) is 18.4. The third-order valence-electron chi connectivity index (χ3n) is 4.98. The monoisotopic (exact) mass is 370 g/mol. The summed E-state index contributed by atoms with van der Waals surface area (Å²) in [6.45, 7) is 0. The molecule has 3 nitrogen and oxygen atoms in total. The Labute approximate surface area is 161 Å². The standard InChI is InChI=1S/C23H18N2OS/c1-25-13-20(19-12-18(26-2)9-10-22(19)25)23-24-21(14-27-23)17-8-7-15-5-3-4-6-16(15)11-17/h3-14H,1-2H3. The van der Waals surface area contributed by atoms with Gasteiger partial charge >= 0.3 is 0 Å². The number of hydrogen-bond donors (Lipinski definition) is 0. The first-order valence-corrected chi connectivity index (χ1v) is 9.69. The van der Waals surface area contributed by atoms with Crippen LogP contribution in [0.5, 0.6) is 5.75 Å². The number of methoxy groups -OCH3 is 1. The molecule has 0 fully saturated rings. The second-order valence-electron chi connectivity index (χ2n) is 6.64. The summed E-state index contributed by atoms with van der Waals surface area (Å²) in [5.41, 5.74) is 4.48. The van der Waals surface area contributed by atoms with E-state index in [1.54, 1.807) is 18.4 Å². The molecule has 0 bridgehead atoms. The van der Waals surface area contributed by atoms with Gasteiger partial charge in [-0.1, -0.05) is 36.4 Å². The van der Waals surface area contributed by atoms with E-state index in [1.165, 1.54) is 16.3 Å². The molecule has 0 aliphatic rings. The van der Waals surface area contributed by atoms with Crippen LogP contribution in [-0.4, -0.2) is 16.7 Å². The lowest BCUT2D eigenvalue weighted by atomic mass is 10.1. The van der Waals surface area contributed by atoms with Gasteiger partial charge in [-0.05, 0) is 35.0 Å². The molecule has 2 heterocycles. The zero-order valence-corrected chi connectivity index (χ0v) is 16.0. The van der Waals surface area contributed by atoms with Gasteiger partial charge in [-0.25, -0.2) is 4.98 Å². The van der Waals surface area contributed by atoms with Crippen LogP contribution in [0, 0.1) is 0 Å². The van der Waals surface area contributed by atoms with Crippen molar-refractivity contribution < 1.29 is 4.74 Å². The van der Waals surface area contributed by atoms with Crippen molar-refractivity contribution in [2.45, 2.75) is 0 Å². The second kappa shape index (κ2) is 6.25. The third kappa shape index (κ3) is 2.69. The molecule has 2 aromatic heterocycles. The van der Waals surface area contributed by atoms with E-state index >= 15 is 0 Å². The highest BCUT2D eigenvalue weighted by atomic mass is 32.1. The van der Waals surface area contributed by atoms with Crippen LogP contribution in [0.15, 0.2) is 72.2 Å². The average molecular weight is 370 g/mol. The summed E-state index contributed by atoms with van der Waals surface area (Å²) in [6, 6.07) is 21.1. The molecule has 0 saturated carbocycles. The Morgan fingerprint density at radius 2 is 1.81 bits per heavy atom. The molecule has 0 aliphatic carbocycles. The lowest BCUT2D eigenvalue weighted by Crippen LogP contribution is -1.85. The summed E-state index contributed by atoms with van der Waals surface area (Å²) in [5.74, 6) is 0.862. The van der Waals surface area contributed by atoms with Crippen LogP contribution in [-0.2, 0) is 7.05 Å². The topological polar surface area (TPSA) is 27.1 Å². The summed E-state index contributed by atoms with van der Waals surface area (Å²) >= 11 is 1.68. The van der Waals surface area contributed by atoms with E-state index < -0.39 is 0 Å². The lowest BCUT2D eigenvalue weighted by molar-refractivity contribution is 0.415. The van der Waals surface area contributed by atoms with Gasteiger partial charge in [-0.2, -0.15) is 0 Å². The molecule has 0 amide bonds. The number of hydrogen-bond acceptors (Lipinski definition) is 3. The molecule has 4 heteroatoms. The van der Waals surface area contributed by atoms with Gasteiger partial charge < -0.3 is 9.30 Å². The predicted octanol–water partition coefficient (Wildman–Crippen LogP) is 6.13. The van der Waals surface area contributed by atoms with Crippen LogP contribution in [0.25, 0.3) is 43.5 Å². The molecule has 0 unspecified atom stereocenters. The van der Waals surface area contributed by atoms with Crippen LogP contribution in [0.1, 0.15) is 0 Å². The molecule has 0 radical (unpaired) electrons. The highest BCUT2D eigenvalue weighted by molar-refractivity contribution is 7.13. The van der Waals surface area contributed by atoms with E-state index in [9.17, 15) is 0 Å². The fourth-order valence-electron chi connectivity index (χ4n) is 3.55. The molecular weight excluding hydrogens is 352 g/mol. The number of nitrogens with zero attached hydrogens (tertiary/aromatic N) is 2. The van der Waals surface area contributed by atoms with Crippen molar-refractivity contribution >= 4 is 33.0 Å². The summed E-state index contributed by atoms with van der Waals surface area (Å²) in [5, 5.41) is 6.81. The smallest absolute Gasteiger partial charge is 0.126 e. The SMILES string of the molecule is COc1ccc2c(c1)c(-c1nc(-c3ccc4ccccc4c3)cs1)cn2C. The molecule has 0 N–H and O–H groups in total. The largest absolute Gasteiger partial charge is 0.497 e. The van der Waals surface area contributed by atoms with Gasteiger partial charge in [0.25, 0.3) is 0 Å². The van der Waals surface area contributed by atoms with Crippen molar-refractivity contribution in [2.75, 3.05) is 7.11 Å². The fraction of sp³-hybridized carbons (Fsp3) is 0.0870. The molecule has 3 aromatic carbocycles. The second-order valence-corrected chi connectivity index (χ2v) is 7.49. The normalized spacial score (nSPS) is 11.3. The Bertz CT molecular complexity index is 1280. The molecule has 132 valence electrons. The predicted molar refractivity (Wildman–Crippen MR) is 114 cm³/mol. The number of rotatable bonds is 3. The van der Waals surface area contributed by atoms with Gasteiger partial charge in [-0.3, -0.25) is 0 Å². The van der Waals surface area contributed by atoms with E-state index in [1.807, 2.05) is 6.07 Å². The Morgan fingerprint density at radius 1 is 0.963 bits per heavy atom. The fourth-order valence-corrected chi connectivity index (χ4v) is 4.40. The molecule has 0 saturated heterocycles. The van der Waals surface area contributed by atoms with Crippen molar-refractivity contribution in [1.82, 2.24) is 9.55 Å². The Hall–Kier alpha value is -3.11. The highest BCUT2D eigenvalue weighted by Crippen LogP contribution is 2.36. The van der Waals surface area contributed by atoms with Gasteiger partial charge in [-0.15, -0.1) is 11.3 Å². The minimum absolute atomic E-state index is 0.862. The van der Waals surface area contributed by atoms with Crippen LogP contribution in [0.3, 0.4) is 0 Å². The quantitative estimate of drug-likeness (QED) is 0.382. The molecule has 0 aliphatic heterocycles. The third-order valence-corrected chi connectivity index (χ3v) is 5.85. The highest BCUT2D eigenvalue weighted by Gasteiger charge is 2.14. The molecule has 0 spiro atoms. The Morgan fingerprint density at radius 3 is 2.67 bits per heavy atom. The minimum Gasteiger partial charge on any atom is -0.497 e. The van der Waals surface area contributed by atoms with E-state index in [-0.39, 0.29) is 0 Å². The average Bonchev–Trinajstić information content (AvgIpc) is 3.32. The van der Waals surface area contributed by atoms with Crippen molar-refractivity contribution in [3.05, 3.63) is 72.2 Å². The number of benzene rings is 3. The maximum absolute atomic E-state index is 5.41. The van der Waals surface area contributed by atoms with Crippen LogP contribution in [0.2, 0.25) is 0 Å². The summed E-state index contributed by atoms with van der Waals surface area (Å²) in [4.78, 5) is 4.94. The Balaban J connectivity index is 1.61. The summed E-state index contributed by atoms with van der Waals surface area (Å²) in [7, 11) is 3.77. The molecule has 0 atom stereocenters. The van der Waals surface area contributed by atoms with Crippen molar-refractivity contribution in [3.8, 4) is 27.6 Å². The number of ether oxygens (including phenoxy) is 1. The van der Waals surface area contributed by atoms with Gasteiger partial charge in [0.15, 0.2) is 0 Å². The molecule has 5 aromatic rings. The molecular formula is C23H18N2OS. The maximum Gasteiger partial charge on any atom is 0.126 e. The summed E-state index contributed by atoms with van der Waals surface area (Å²) < 4.78 is 7.55. The maximum atomic E-state index is 5.41. The van der Waals surface area contributed by atoms with Gasteiger partial charge in [0.1, 0.15) is 10.8 Å². The van der Waals surface area contributed by atoms with E-state index in [2.05, 4.69) is 77.8 Å². The Kier molecular flexibility index (Phi) is 3.73. The van der Waals surface area contributed by atoms with Gasteiger partial charge in [0, 0.05) is 40.7 Å². The van der Waals surface area contributed by atoms with E-state index in [0.29, 0.717) is 0 Å². The number of thiazole rings is 1. The van der Waals surface area contributed by atoms with Gasteiger partial charge in [0.05, 0.1) is 12.8 Å². The first-order valence-electron chi connectivity index (χ1n) is 8.81. The lowest BCUT2D eigenvalue weighted by Gasteiger charge is -2.02.